The van der Waals surface area contributed by atoms with Gasteiger partial charge in [-0.2, -0.15) is 9.03 Å². The summed E-state index contributed by atoms with van der Waals surface area (Å²) < 4.78 is 52.5. The zero-order valence-electron chi connectivity index (χ0n) is 15.8. The van der Waals surface area contributed by atoms with Crippen molar-refractivity contribution in [1.29, 1.82) is 0 Å². The zero-order valence-corrected chi connectivity index (χ0v) is 17.5. The molecule has 1 aliphatic rings. The van der Waals surface area contributed by atoms with Gasteiger partial charge in [0.1, 0.15) is 6.04 Å². The molecule has 1 amide bonds. The highest BCUT2D eigenvalue weighted by Gasteiger charge is 2.35. The largest absolute Gasteiger partial charge is 0.339 e. The molecule has 27 heavy (non-hydrogen) atoms. The lowest BCUT2D eigenvalue weighted by atomic mass is 9.98. The summed E-state index contributed by atoms with van der Waals surface area (Å²) >= 11 is 0. The number of rotatable bonds is 7. The van der Waals surface area contributed by atoms with Crippen LogP contribution in [0.25, 0.3) is 0 Å². The topological polar surface area (TPSA) is 104 Å². The minimum atomic E-state index is -3.84. The minimum absolute atomic E-state index is 0.105. The Bertz CT molecular complexity index is 848. The van der Waals surface area contributed by atoms with Gasteiger partial charge in [0.25, 0.3) is 0 Å². The number of carbonyl (C=O) groups is 1. The van der Waals surface area contributed by atoms with Crippen LogP contribution in [0.5, 0.6) is 0 Å². The second-order valence-electron chi connectivity index (χ2n) is 6.78. The van der Waals surface area contributed by atoms with Crippen LogP contribution in [0.2, 0.25) is 0 Å². The van der Waals surface area contributed by atoms with E-state index in [2.05, 4.69) is 4.72 Å². The average Bonchev–Trinajstić information content (AvgIpc) is 2.65. The quantitative estimate of drug-likeness (QED) is 0.695. The van der Waals surface area contributed by atoms with Crippen molar-refractivity contribution in [3.63, 3.8) is 0 Å². The fourth-order valence-electron chi connectivity index (χ4n) is 2.92. The van der Waals surface area contributed by atoms with E-state index in [0.29, 0.717) is 6.42 Å². The number of hydrogen-bond acceptors (Lipinski definition) is 5. The van der Waals surface area contributed by atoms with Crippen LogP contribution in [0.1, 0.15) is 20.3 Å². The summed E-state index contributed by atoms with van der Waals surface area (Å²) in [5.74, 6) is -0.527. The van der Waals surface area contributed by atoms with Crippen molar-refractivity contribution in [3.05, 3.63) is 30.3 Å². The Morgan fingerprint density at radius 2 is 1.63 bits per heavy atom. The Labute approximate surface area is 161 Å². The van der Waals surface area contributed by atoms with Gasteiger partial charge in [0.05, 0.1) is 11.2 Å². The Morgan fingerprint density at radius 1 is 1.07 bits per heavy atom. The monoisotopic (exact) mass is 417 g/mol. The highest BCUT2D eigenvalue weighted by molar-refractivity contribution is 7.89. The molecule has 1 heterocycles. The summed E-state index contributed by atoms with van der Waals surface area (Å²) in [5.41, 5.74) is 0. The summed E-state index contributed by atoms with van der Waals surface area (Å²) in [5, 5.41) is 0. The minimum Gasteiger partial charge on any atom is -0.339 e. The van der Waals surface area contributed by atoms with E-state index in [0.717, 1.165) is 6.26 Å². The van der Waals surface area contributed by atoms with E-state index in [-0.39, 0.29) is 42.9 Å². The number of benzene rings is 1. The molecule has 0 aromatic heterocycles. The number of sulfonamides is 2. The molecule has 1 aromatic carbocycles. The van der Waals surface area contributed by atoms with E-state index in [1.165, 1.54) is 21.3 Å². The molecule has 1 N–H and O–H groups in total. The van der Waals surface area contributed by atoms with Crippen molar-refractivity contribution in [2.24, 2.45) is 5.92 Å². The van der Waals surface area contributed by atoms with Crippen LogP contribution in [-0.2, 0) is 24.8 Å². The first kappa shape index (κ1) is 21.8. The Morgan fingerprint density at radius 3 is 2.11 bits per heavy atom. The molecule has 10 heteroatoms. The lowest BCUT2D eigenvalue weighted by Crippen LogP contribution is -2.57. The predicted octanol–water partition coefficient (Wildman–Crippen LogP) is 0.483. The van der Waals surface area contributed by atoms with E-state index in [1.54, 1.807) is 18.2 Å². The molecule has 8 nitrogen and oxygen atoms in total. The fourth-order valence-corrected chi connectivity index (χ4v) is 5.06. The van der Waals surface area contributed by atoms with Gasteiger partial charge in [-0.05, 0) is 18.1 Å². The molecule has 1 aromatic rings. The highest BCUT2D eigenvalue weighted by Crippen LogP contribution is 2.17. The Balaban J connectivity index is 2.16. The number of carbonyl (C=O) groups excluding carboxylic acids is 1. The first-order chi connectivity index (χ1) is 12.6. The first-order valence-corrected chi connectivity index (χ1v) is 12.2. The van der Waals surface area contributed by atoms with Gasteiger partial charge >= 0.3 is 0 Å². The summed E-state index contributed by atoms with van der Waals surface area (Å²) in [6, 6.07) is 7.02. The first-order valence-electron chi connectivity index (χ1n) is 8.87. The summed E-state index contributed by atoms with van der Waals surface area (Å²) in [6.45, 7) is 4.62. The number of amides is 1. The smallest absolute Gasteiger partial charge is 0.241 e. The van der Waals surface area contributed by atoms with Crippen LogP contribution in [0.3, 0.4) is 0 Å². The molecule has 0 radical (unpaired) electrons. The van der Waals surface area contributed by atoms with E-state index in [4.69, 9.17) is 0 Å². The van der Waals surface area contributed by atoms with Gasteiger partial charge in [-0.25, -0.2) is 16.8 Å². The average molecular weight is 418 g/mol. The van der Waals surface area contributed by atoms with E-state index in [9.17, 15) is 21.6 Å². The van der Waals surface area contributed by atoms with Gasteiger partial charge in [0.15, 0.2) is 0 Å². The maximum absolute atomic E-state index is 13.0. The van der Waals surface area contributed by atoms with Crippen molar-refractivity contribution in [2.75, 3.05) is 32.4 Å². The van der Waals surface area contributed by atoms with E-state index in [1.807, 2.05) is 13.8 Å². The van der Waals surface area contributed by atoms with Gasteiger partial charge < -0.3 is 4.90 Å². The van der Waals surface area contributed by atoms with Gasteiger partial charge in [-0.3, -0.25) is 4.79 Å². The maximum atomic E-state index is 13.0. The van der Waals surface area contributed by atoms with Crippen LogP contribution < -0.4 is 4.72 Å². The third kappa shape index (κ3) is 5.50. The third-order valence-electron chi connectivity index (χ3n) is 4.83. The van der Waals surface area contributed by atoms with E-state index >= 15 is 0 Å². The van der Waals surface area contributed by atoms with Crippen molar-refractivity contribution < 1.29 is 21.6 Å². The van der Waals surface area contributed by atoms with Crippen molar-refractivity contribution >= 4 is 26.0 Å². The molecule has 0 bridgehead atoms. The lowest BCUT2D eigenvalue weighted by Gasteiger charge is -2.36. The predicted molar refractivity (Wildman–Crippen MR) is 103 cm³/mol. The molecule has 1 saturated heterocycles. The Kier molecular flexibility index (Phi) is 7.01. The number of nitrogens with one attached hydrogen (secondary N) is 1. The van der Waals surface area contributed by atoms with Crippen molar-refractivity contribution in [2.45, 2.75) is 31.2 Å². The zero-order chi connectivity index (χ0) is 20.2. The molecule has 0 spiro atoms. The summed E-state index contributed by atoms with van der Waals surface area (Å²) in [4.78, 5) is 14.6. The van der Waals surface area contributed by atoms with E-state index < -0.39 is 26.1 Å². The normalized spacial score (nSPS) is 18.9. The van der Waals surface area contributed by atoms with Crippen LogP contribution in [0.4, 0.5) is 0 Å². The van der Waals surface area contributed by atoms with Crippen LogP contribution >= 0.6 is 0 Å². The third-order valence-corrected chi connectivity index (χ3v) is 7.59. The van der Waals surface area contributed by atoms with Gasteiger partial charge in [0.2, 0.25) is 26.0 Å². The molecular formula is C17H27N3O5S2. The molecule has 0 aliphatic carbocycles. The maximum Gasteiger partial charge on any atom is 0.241 e. The molecule has 2 atom stereocenters. The van der Waals surface area contributed by atoms with Crippen LogP contribution in [0.15, 0.2) is 35.2 Å². The lowest BCUT2D eigenvalue weighted by molar-refractivity contribution is -0.135. The standard InChI is InChI=1S/C17H27N3O5S2/c1-4-14(2)16(18-27(24,25)15-8-6-5-7-9-15)17(21)19-10-12-20(13-11-19)26(3,22)23/h5-9,14,16,18H,4,10-13H2,1-3H3/t14-,16-/m0/s1. The van der Waals surface area contributed by atoms with Crippen LogP contribution in [-0.4, -0.2) is 70.4 Å². The molecule has 0 saturated carbocycles. The Hall–Kier alpha value is -1.49. The van der Waals surface area contributed by atoms with Gasteiger partial charge in [-0.1, -0.05) is 38.5 Å². The molecule has 152 valence electrons. The SMILES string of the molecule is CC[C@H](C)[C@H](NS(=O)(=O)c1ccccc1)C(=O)N1CCN(S(C)(=O)=O)CC1. The second kappa shape index (κ2) is 8.68. The molecular weight excluding hydrogens is 390 g/mol. The van der Waals surface area contributed by atoms with Gasteiger partial charge in [0, 0.05) is 26.2 Å². The second-order valence-corrected chi connectivity index (χ2v) is 10.5. The van der Waals surface area contributed by atoms with Crippen molar-refractivity contribution in [1.82, 2.24) is 13.9 Å². The molecule has 1 aliphatic heterocycles. The summed E-state index contributed by atoms with van der Waals surface area (Å²) in [6.07, 6.45) is 1.76. The summed E-state index contributed by atoms with van der Waals surface area (Å²) in [7, 11) is -7.13. The molecule has 1 fully saturated rings. The van der Waals surface area contributed by atoms with Gasteiger partial charge in [-0.15, -0.1) is 0 Å². The number of nitrogens with zero attached hydrogens (tertiary/aromatic N) is 2. The molecule has 2 rings (SSSR count). The molecule has 0 unspecified atom stereocenters. The fraction of sp³-hybridized carbons (Fsp3) is 0.588. The highest BCUT2D eigenvalue weighted by atomic mass is 32.2. The van der Waals surface area contributed by atoms with Crippen molar-refractivity contribution in [3.8, 4) is 0 Å². The van der Waals surface area contributed by atoms with Crippen LogP contribution in [0, 0.1) is 5.92 Å². The number of piperazine rings is 1. The number of hydrogen-bond donors (Lipinski definition) is 1.